The molecule has 1 aromatic heterocycles. The molecule has 2 aromatic rings. The summed E-state index contributed by atoms with van der Waals surface area (Å²) in [6.45, 7) is -0.639. The normalized spacial score (nSPS) is 14.6. The summed E-state index contributed by atoms with van der Waals surface area (Å²) in [5, 5.41) is 6.39. The number of nitrogens with zero attached hydrogens (tertiary/aromatic N) is 1. The van der Waals surface area contributed by atoms with Crippen LogP contribution in [0.5, 0.6) is 0 Å². The first kappa shape index (κ1) is 27.4. The van der Waals surface area contributed by atoms with Gasteiger partial charge in [0.2, 0.25) is 5.91 Å². The topological polar surface area (TPSA) is 117 Å². The van der Waals surface area contributed by atoms with Crippen LogP contribution in [0.1, 0.15) is 21.7 Å². The lowest BCUT2D eigenvalue weighted by molar-refractivity contribution is -0.134. The maximum Gasteiger partial charge on any atom is 0.315 e. The van der Waals surface area contributed by atoms with E-state index in [-0.39, 0.29) is 36.0 Å². The van der Waals surface area contributed by atoms with Gasteiger partial charge in [-0.1, -0.05) is 11.6 Å². The van der Waals surface area contributed by atoms with E-state index in [0.717, 1.165) is 22.3 Å². The molecule has 4 amide bonds. The number of halogens is 5. The van der Waals surface area contributed by atoms with Crippen molar-refractivity contribution in [2.24, 2.45) is 0 Å². The van der Waals surface area contributed by atoms with Crippen LogP contribution in [0.25, 0.3) is 0 Å². The number of ether oxygens (including phenoxy) is 1. The van der Waals surface area contributed by atoms with Gasteiger partial charge in [-0.3, -0.25) is 19.2 Å². The van der Waals surface area contributed by atoms with Gasteiger partial charge in [0.15, 0.2) is 0 Å². The molecule has 1 aliphatic rings. The van der Waals surface area contributed by atoms with Crippen molar-refractivity contribution in [3.8, 4) is 0 Å². The van der Waals surface area contributed by atoms with Gasteiger partial charge < -0.3 is 25.6 Å². The number of carbonyl (C=O) groups is 4. The quantitative estimate of drug-likeness (QED) is 0.415. The Hall–Kier alpha value is -3.23. The van der Waals surface area contributed by atoms with Gasteiger partial charge in [0.05, 0.1) is 21.5 Å². The Labute approximate surface area is 210 Å². The Kier molecular flexibility index (Phi) is 9.23. The molecule has 1 saturated heterocycles. The molecule has 1 atom stereocenters. The zero-order valence-corrected chi connectivity index (χ0v) is 19.8. The van der Waals surface area contributed by atoms with Crippen molar-refractivity contribution in [1.29, 1.82) is 0 Å². The number of nitrogens with one attached hydrogen (secondary N) is 3. The largest absolute Gasteiger partial charge is 0.370 e. The molecule has 1 fully saturated rings. The SMILES string of the molecule is O=C(NC[C@@H](NC(=O)C(F)F)C(=O)Nc1ccc(N2CCOCC2=O)c(C(F)F)c1)c1ccc(Cl)s1. The molecule has 1 aliphatic heterocycles. The number of rotatable bonds is 9. The third kappa shape index (κ3) is 6.92. The summed E-state index contributed by atoms with van der Waals surface area (Å²) in [6, 6.07) is 4.57. The van der Waals surface area contributed by atoms with E-state index < -0.39 is 54.6 Å². The van der Waals surface area contributed by atoms with E-state index in [9.17, 15) is 36.7 Å². The Balaban J connectivity index is 1.77. The van der Waals surface area contributed by atoms with Gasteiger partial charge in [0.25, 0.3) is 24.1 Å². The van der Waals surface area contributed by atoms with Crippen molar-refractivity contribution in [1.82, 2.24) is 10.6 Å². The lowest BCUT2D eigenvalue weighted by Crippen LogP contribution is -2.52. The number of alkyl halides is 4. The molecule has 0 bridgehead atoms. The highest BCUT2D eigenvalue weighted by Gasteiger charge is 2.28. The summed E-state index contributed by atoms with van der Waals surface area (Å²) >= 11 is 6.70. The van der Waals surface area contributed by atoms with Crippen LogP contribution in [-0.2, 0) is 19.1 Å². The van der Waals surface area contributed by atoms with E-state index in [2.05, 4.69) is 10.6 Å². The minimum absolute atomic E-state index is 0.0567. The first-order valence-electron chi connectivity index (χ1n) is 10.3. The predicted octanol–water partition coefficient (Wildman–Crippen LogP) is 2.82. The average Bonchev–Trinajstić information content (AvgIpc) is 3.28. The van der Waals surface area contributed by atoms with Gasteiger partial charge in [-0.15, -0.1) is 11.3 Å². The minimum Gasteiger partial charge on any atom is -0.370 e. The number of hydrogen-bond acceptors (Lipinski definition) is 6. The second-order valence-electron chi connectivity index (χ2n) is 7.34. The Morgan fingerprint density at radius 2 is 1.86 bits per heavy atom. The predicted molar refractivity (Wildman–Crippen MR) is 123 cm³/mol. The number of carbonyl (C=O) groups excluding carboxylic acids is 4. The van der Waals surface area contributed by atoms with Crippen molar-refractivity contribution in [3.63, 3.8) is 0 Å². The first-order chi connectivity index (χ1) is 17.1. The van der Waals surface area contributed by atoms with E-state index in [1.54, 1.807) is 5.32 Å². The first-order valence-corrected chi connectivity index (χ1v) is 11.5. The van der Waals surface area contributed by atoms with Crippen molar-refractivity contribution >= 4 is 57.9 Å². The number of hydrogen-bond donors (Lipinski definition) is 3. The summed E-state index contributed by atoms with van der Waals surface area (Å²) in [5.41, 5.74) is -0.771. The lowest BCUT2D eigenvalue weighted by Gasteiger charge is -2.29. The molecule has 0 unspecified atom stereocenters. The van der Waals surface area contributed by atoms with Gasteiger partial charge in [-0.05, 0) is 30.3 Å². The molecule has 0 aliphatic carbocycles. The summed E-state index contributed by atoms with van der Waals surface area (Å²) in [6.07, 6.45) is -6.46. The van der Waals surface area contributed by atoms with E-state index in [1.807, 2.05) is 0 Å². The molecule has 15 heteroatoms. The number of anilines is 2. The van der Waals surface area contributed by atoms with Crippen molar-refractivity contribution in [2.45, 2.75) is 18.9 Å². The van der Waals surface area contributed by atoms with Crippen LogP contribution < -0.4 is 20.9 Å². The van der Waals surface area contributed by atoms with E-state index >= 15 is 0 Å². The van der Waals surface area contributed by atoms with Crippen LogP contribution in [-0.4, -0.2) is 62.4 Å². The van der Waals surface area contributed by atoms with Crippen LogP contribution >= 0.6 is 22.9 Å². The van der Waals surface area contributed by atoms with Gasteiger partial charge in [-0.25, -0.2) is 8.78 Å². The highest BCUT2D eigenvalue weighted by Crippen LogP contribution is 2.33. The highest BCUT2D eigenvalue weighted by molar-refractivity contribution is 7.18. The monoisotopic (exact) mass is 550 g/mol. The molecule has 0 saturated carbocycles. The smallest absolute Gasteiger partial charge is 0.315 e. The summed E-state index contributed by atoms with van der Waals surface area (Å²) in [7, 11) is 0. The van der Waals surface area contributed by atoms with Crippen LogP contribution in [0.2, 0.25) is 4.34 Å². The molecular formula is C21H19ClF4N4O5S. The number of thiophene rings is 1. The third-order valence-corrected chi connectivity index (χ3v) is 6.13. The van der Waals surface area contributed by atoms with E-state index in [0.29, 0.717) is 4.34 Å². The minimum atomic E-state index is -3.44. The molecule has 36 heavy (non-hydrogen) atoms. The third-order valence-electron chi connectivity index (χ3n) is 4.90. The average molecular weight is 551 g/mol. The van der Waals surface area contributed by atoms with Gasteiger partial charge >= 0.3 is 6.43 Å². The van der Waals surface area contributed by atoms with E-state index in [1.165, 1.54) is 24.3 Å². The van der Waals surface area contributed by atoms with Crippen LogP contribution in [0, 0.1) is 0 Å². The number of benzene rings is 1. The Morgan fingerprint density at radius 3 is 2.47 bits per heavy atom. The summed E-state index contributed by atoms with van der Waals surface area (Å²) in [4.78, 5) is 49.8. The zero-order chi connectivity index (χ0) is 26.4. The fourth-order valence-corrected chi connectivity index (χ4v) is 4.18. The molecule has 0 spiro atoms. The molecule has 1 aromatic carbocycles. The van der Waals surface area contributed by atoms with Gasteiger partial charge in [-0.2, -0.15) is 8.78 Å². The van der Waals surface area contributed by atoms with Gasteiger partial charge in [0.1, 0.15) is 12.6 Å². The molecular weight excluding hydrogens is 532 g/mol. The maximum absolute atomic E-state index is 13.7. The van der Waals surface area contributed by atoms with Crippen LogP contribution in [0.3, 0.4) is 0 Å². The molecule has 3 rings (SSSR count). The maximum atomic E-state index is 13.7. The fourth-order valence-electron chi connectivity index (χ4n) is 3.22. The van der Waals surface area contributed by atoms with Crippen molar-refractivity contribution in [3.05, 3.63) is 45.1 Å². The molecule has 0 radical (unpaired) electrons. The van der Waals surface area contributed by atoms with Crippen molar-refractivity contribution < 1.29 is 41.5 Å². The number of morpholine rings is 1. The Bertz CT molecular complexity index is 1150. The summed E-state index contributed by atoms with van der Waals surface area (Å²) in [5.74, 6) is -4.00. The Morgan fingerprint density at radius 1 is 1.11 bits per heavy atom. The van der Waals surface area contributed by atoms with Crippen LogP contribution in [0.15, 0.2) is 30.3 Å². The molecule has 9 nitrogen and oxygen atoms in total. The van der Waals surface area contributed by atoms with E-state index in [4.69, 9.17) is 16.3 Å². The van der Waals surface area contributed by atoms with Crippen LogP contribution in [0.4, 0.5) is 28.9 Å². The van der Waals surface area contributed by atoms with Crippen molar-refractivity contribution in [2.75, 3.05) is 36.5 Å². The second-order valence-corrected chi connectivity index (χ2v) is 9.05. The van der Waals surface area contributed by atoms with Gasteiger partial charge in [0, 0.05) is 24.3 Å². The zero-order valence-electron chi connectivity index (χ0n) is 18.2. The molecule has 3 N–H and O–H groups in total. The highest BCUT2D eigenvalue weighted by atomic mass is 35.5. The fraction of sp³-hybridized carbons (Fsp3) is 0.333. The lowest BCUT2D eigenvalue weighted by atomic mass is 10.1. The second kappa shape index (κ2) is 12.1. The summed E-state index contributed by atoms with van der Waals surface area (Å²) < 4.78 is 58.3. The number of amides is 4. The standard InChI is InChI=1S/C21H19ClF4N4O5S/c22-15-4-3-14(36-15)20(33)27-8-12(29-21(34)18(25)26)19(32)28-10-1-2-13(11(7-10)17(23)24)30-5-6-35-9-16(30)31/h1-4,7,12,17-18H,5-6,8-9H2,(H,27,33)(H,28,32)(H,29,34)/t12-/m1/s1. The molecule has 194 valence electrons. The molecule has 2 heterocycles.